The molecule has 0 aliphatic carbocycles. The van der Waals surface area contributed by atoms with Gasteiger partial charge in [0.2, 0.25) is 5.95 Å². The Balaban J connectivity index is 1.68. The Kier molecular flexibility index (Phi) is 4.81. The number of rotatable bonds is 6. The number of nitrogens with one attached hydrogen (secondary N) is 2. The Hall–Kier alpha value is -3.22. The molecule has 1 heterocycles. The van der Waals surface area contributed by atoms with Crippen LogP contribution in [0.25, 0.3) is 0 Å². The van der Waals surface area contributed by atoms with E-state index in [4.69, 9.17) is 4.74 Å². The van der Waals surface area contributed by atoms with Crippen molar-refractivity contribution < 1.29 is 9.13 Å². The number of nitrogens with zero attached hydrogens (tertiary/aromatic N) is 3. The molecule has 0 spiro atoms. The van der Waals surface area contributed by atoms with Gasteiger partial charge in [-0.3, -0.25) is 0 Å². The summed E-state index contributed by atoms with van der Waals surface area (Å²) >= 11 is 0. The smallest absolute Gasteiger partial charge is 0.244 e. The first-order valence-electron chi connectivity index (χ1n) is 7.32. The van der Waals surface area contributed by atoms with E-state index in [9.17, 15) is 4.39 Å². The Morgan fingerprint density at radius 2 is 1.88 bits per heavy atom. The van der Waals surface area contributed by atoms with E-state index in [1.807, 2.05) is 24.3 Å². The number of hydrogen-bond acceptors (Lipinski definition) is 6. The quantitative estimate of drug-likeness (QED) is 0.724. The highest BCUT2D eigenvalue weighted by molar-refractivity contribution is 5.63. The molecule has 2 N–H and O–H groups in total. The zero-order valence-corrected chi connectivity index (χ0v) is 13.0. The molecule has 7 heteroatoms. The van der Waals surface area contributed by atoms with Crippen LogP contribution in [0.15, 0.2) is 54.7 Å². The molecule has 3 aromatic rings. The minimum atomic E-state index is -0.264. The fourth-order valence-electron chi connectivity index (χ4n) is 2.11. The minimum absolute atomic E-state index is 0.264. The van der Waals surface area contributed by atoms with Gasteiger partial charge in [0, 0.05) is 6.54 Å². The van der Waals surface area contributed by atoms with Crippen molar-refractivity contribution in [2.24, 2.45) is 0 Å². The Labute approximate surface area is 138 Å². The Morgan fingerprint density at radius 1 is 1.08 bits per heavy atom. The summed E-state index contributed by atoms with van der Waals surface area (Å²) < 4.78 is 18.2. The van der Waals surface area contributed by atoms with Gasteiger partial charge in [-0.25, -0.2) is 4.39 Å². The minimum Gasteiger partial charge on any atom is -0.495 e. The molecule has 0 saturated carbocycles. The first-order chi connectivity index (χ1) is 11.7. The number of aromatic nitrogens is 3. The van der Waals surface area contributed by atoms with Gasteiger partial charge in [0.25, 0.3) is 0 Å². The number of methoxy groups -OCH3 is 1. The maximum atomic E-state index is 12.9. The average molecular weight is 325 g/mol. The maximum absolute atomic E-state index is 12.9. The van der Waals surface area contributed by atoms with E-state index in [0.29, 0.717) is 24.1 Å². The summed E-state index contributed by atoms with van der Waals surface area (Å²) in [5, 5.41) is 14.1. The Morgan fingerprint density at radius 3 is 2.67 bits per heavy atom. The second-order valence-electron chi connectivity index (χ2n) is 4.97. The predicted molar refractivity (Wildman–Crippen MR) is 89.8 cm³/mol. The van der Waals surface area contributed by atoms with E-state index in [1.54, 1.807) is 19.2 Å². The van der Waals surface area contributed by atoms with Crippen molar-refractivity contribution in [2.45, 2.75) is 6.54 Å². The lowest BCUT2D eigenvalue weighted by atomic mass is 10.2. The standard InChI is InChI=1S/C17H16FN5O/c1-24-15-5-3-2-4-14(15)21-16-11-20-23-17(22-16)19-10-12-6-8-13(18)9-7-12/h2-9,11H,10H2,1H3,(H2,19,21,22,23). The van der Waals surface area contributed by atoms with E-state index in [1.165, 1.54) is 18.3 Å². The summed E-state index contributed by atoms with van der Waals surface area (Å²) in [4.78, 5) is 4.35. The molecule has 0 bridgehead atoms. The number of anilines is 3. The highest BCUT2D eigenvalue weighted by Gasteiger charge is 2.05. The summed E-state index contributed by atoms with van der Waals surface area (Å²) in [6, 6.07) is 13.7. The van der Waals surface area contributed by atoms with E-state index in [0.717, 1.165) is 11.3 Å². The average Bonchev–Trinajstić information content (AvgIpc) is 2.62. The molecule has 3 rings (SSSR count). The van der Waals surface area contributed by atoms with Gasteiger partial charge in [0.1, 0.15) is 11.6 Å². The van der Waals surface area contributed by atoms with Crippen LogP contribution in [0.5, 0.6) is 5.75 Å². The van der Waals surface area contributed by atoms with E-state index >= 15 is 0 Å². The van der Waals surface area contributed by atoms with Crippen LogP contribution in [0.4, 0.5) is 21.8 Å². The first kappa shape index (κ1) is 15.7. The van der Waals surface area contributed by atoms with Crippen molar-refractivity contribution in [2.75, 3.05) is 17.7 Å². The highest BCUT2D eigenvalue weighted by Crippen LogP contribution is 2.25. The van der Waals surface area contributed by atoms with Crippen LogP contribution >= 0.6 is 0 Å². The lowest BCUT2D eigenvalue weighted by Crippen LogP contribution is -2.06. The van der Waals surface area contributed by atoms with Gasteiger partial charge in [-0.1, -0.05) is 24.3 Å². The van der Waals surface area contributed by atoms with Gasteiger partial charge in [0.15, 0.2) is 5.82 Å². The molecule has 1 aromatic heterocycles. The molecule has 24 heavy (non-hydrogen) atoms. The molecule has 6 nitrogen and oxygen atoms in total. The summed E-state index contributed by atoms with van der Waals surface area (Å²) in [6.45, 7) is 0.472. The second-order valence-corrected chi connectivity index (χ2v) is 4.97. The third-order valence-corrected chi connectivity index (χ3v) is 3.29. The monoisotopic (exact) mass is 325 g/mol. The number of halogens is 1. The van der Waals surface area contributed by atoms with Crippen molar-refractivity contribution >= 4 is 17.5 Å². The van der Waals surface area contributed by atoms with E-state index < -0.39 is 0 Å². The van der Waals surface area contributed by atoms with Crippen LogP contribution in [0.3, 0.4) is 0 Å². The third-order valence-electron chi connectivity index (χ3n) is 3.29. The molecule has 2 aromatic carbocycles. The van der Waals surface area contributed by atoms with Crippen LogP contribution in [-0.2, 0) is 6.54 Å². The SMILES string of the molecule is COc1ccccc1Nc1cnnc(NCc2ccc(F)cc2)n1. The van der Waals surface area contributed by atoms with E-state index in [-0.39, 0.29) is 5.82 Å². The first-order valence-corrected chi connectivity index (χ1v) is 7.32. The zero-order valence-electron chi connectivity index (χ0n) is 13.0. The predicted octanol–water partition coefficient (Wildman–Crippen LogP) is 3.38. The molecule has 0 aliphatic rings. The summed E-state index contributed by atoms with van der Waals surface area (Å²) in [5.41, 5.74) is 1.70. The molecule has 0 fully saturated rings. The summed E-state index contributed by atoms with van der Waals surface area (Å²) in [7, 11) is 1.61. The number of benzene rings is 2. The van der Waals surface area contributed by atoms with Crippen LogP contribution in [0, 0.1) is 5.82 Å². The molecule has 0 unspecified atom stereocenters. The molecule has 0 atom stereocenters. The van der Waals surface area contributed by atoms with Crippen molar-refractivity contribution in [3.05, 3.63) is 66.1 Å². The summed E-state index contributed by atoms with van der Waals surface area (Å²) in [5.74, 6) is 1.35. The van der Waals surface area contributed by atoms with Gasteiger partial charge < -0.3 is 15.4 Å². The lowest BCUT2D eigenvalue weighted by molar-refractivity contribution is 0.417. The molecule has 0 aliphatic heterocycles. The lowest BCUT2D eigenvalue weighted by Gasteiger charge is -2.10. The normalized spacial score (nSPS) is 10.2. The van der Waals surface area contributed by atoms with Crippen molar-refractivity contribution in [1.29, 1.82) is 0 Å². The van der Waals surface area contributed by atoms with E-state index in [2.05, 4.69) is 25.8 Å². The molecule has 0 radical (unpaired) electrons. The van der Waals surface area contributed by atoms with Gasteiger partial charge in [-0.15, -0.1) is 5.10 Å². The largest absolute Gasteiger partial charge is 0.495 e. The summed E-state index contributed by atoms with van der Waals surface area (Å²) in [6.07, 6.45) is 1.52. The number of ether oxygens (including phenoxy) is 1. The molecule has 122 valence electrons. The fraction of sp³-hybridized carbons (Fsp3) is 0.118. The van der Waals surface area contributed by atoms with Crippen LogP contribution in [0.2, 0.25) is 0 Å². The van der Waals surface area contributed by atoms with Crippen LogP contribution in [0.1, 0.15) is 5.56 Å². The zero-order chi connectivity index (χ0) is 16.8. The van der Waals surface area contributed by atoms with Crippen LogP contribution in [-0.4, -0.2) is 22.3 Å². The molecular formula is C17H16FN5O. The Bertz CT molecular complexity index is 810. The van der Waals surface area contributed by atoms with Crippen molar-refractivity contribution in [3.63, 3.8) is 0 Å². The van der Waals surface area contributed by atoms with Gasteiger partial charge >= 0.3 is 0 Å². The maximum Gasteiger partial charge on any atom is 0.244 e. The molecule has 0 amide bonds. The highest BCUT2D eigenvalue weighted by atomic mass is 19.1. The second kappa shape index (κ2) is 7.36. The fourth-order valence-corrected chi connectivity index (χ4v) is 2.11. The van der Waals surface area contributed by atoms with Crippen molar-refractivity contribution in [3.8, 4) is 5.75 Å². The third kappa shape index (κ3) is 3.95. The van der Waals surface area contributed by atoms with Crippen molar-refractivity contribution in [1.82, 2.24) is 15.2 Å². The topological polar surface area (TPSA) is 72.0 Å². The number of para-hydroxylation sites is 2. The molecule has 0 saturated heterocycles. The number of hydrogen-bond donors (Lipinski definition) is 2. The van der Waals surface area contributed by atoms with Gasteiger partial charge in [-0.05, 0) is 29.8 Å². The van der Waals surface area contributed by atoms with Crippen LogP contribution < -0.4 is 15.4 Å². The van der Waals surface area contributed by atoms with Gasteiger partial charge in [-0.2, -0.15) is 10.1 Å². The molecular weight excluding hydrogens is 309 g/mol. The van der Waals surface area contributed by atoms with Gasteiger partial charge in [0.05, 0.1) is 19.0 Å².